The van der Waals surface area contributed by atoms with Crippen molar-refractivity contribution in [3.05, 3.63) is 6.42 Å². The maximum Gasteiger partial charge on any atom is 0.389 e. The van der Waals surface area contributed by atoms with Gasteiger partial charge in [0.15, 0.2) is 0 Å². The minimum absolute atomic E-state index is 0.603. The highest BCUT2D eigenvalue weighted by Gasteiger charge is 2.25. The second-order valence-electron chi connectivity index (χ2n) is 3.66. The highest BCUT2D eigenvalue weighted by molar-refractivity contribution is 4.69. The topological polar surface area (TPSA) is 0 Å². The minimum atomic E-state index is -4.01. The number of hydrogen-bond acceptors (Lipinski definition) is 0. The van der Waals surface area contributed by atoms with E-state index in [0.717, 1.165) is 19.3 Å². The molecule has 0 aromatic heterocycles. The van der Waals surface area contributed by atoms with E-state index in [1.54, 1.807) is 0 Å². The Morgan fingerprint density at radius 1 is 0.929 bits per heavy atom. The molecular formula is C11H20F3. The van der Waals surface area contributed by atoms with Gasteiger partial charge in [0.25, 0.3) is 0 Å². The molecule has 0 aromatic rings. The second-order valence-corrected chi connectivity index (χ2v) is 3.66. The van der Waals surface area contributed by atoms with Gasteiger partial charge in [-0.05, 0) is 12.8 Å². The van der Waals surface area contributed by atoms with E-state index in [9.17, 15) is 13.2 Å². The van der Waals surface area contributed by atoms with E-state index >= 15 is 0 Å². The Kier molecular flexibility index (Phi) is 8.01. The molecule has 0 saturated heterocycles. The quantitative estimate of drug-likeness (QED) is 0.499. The zero-order valence-electron chi connectivity index (χ0n) is 8.87. The first-order valence-corrected chi connectivity index (χ1v) is 5.44. The summed E-state index contributed by atoms with van der Waals surface area (Å²) >= 11 is 0. The van der Waals surface area contributed by atoms with Crippen molar-refractivity contribution in [2.45, 2.75) is 64.5 Å². The fraction of sp³-hybridized carbons (Fsp3) is 0.909. The zero-order valence-corrected chi connectivity index (χ0v) is 8.87. The molecule has 0 spiro atoms. The van der Waals surface area contributed by atoms with Crippen LogP contribution in [0.2, 0.25) is 0 Å². The standard InChI is InChI=1S/C11H20F3/c1-2-3-4-5-6-7-8-9-10-11(12,13)14/h9H,2-8,10H2,1H3. The SMILES string of the molecule is CCCCCCCC[CH]CC(F)(F)F. The van der Waals surface area contributed by atoms with Crippen molar-refractivity contribution in [1.29, 1.82) is 0 Å². The van der Waals surface area contributed by atoms with Gasteiger partial charge in [-0.2, -0.15) is 13.2 Å². The summed E-state index contributed by atoms with van der Waals surface area (Å²) in [5, 5.41) is 0. The molecule has 85 valence electrons. The molecule has 0 nitrogen and oxygen atoms in total. The molecule has 0 aliphatic rings. The van der Waals surface area contributed by atoms with Gasteiger partial charge in [0.1, 0.15) is 0 Å². The molecule has 0 aliphatic carbocycles. The van der Waals surface area contributed by atoms with Crippen LogP contribution in [0.4, 0.5) is 13.2 Å². The van der Waals surface area contributed by atoms with Crippen LogP contribution in [-0.4, -0.2) is 6.18 Å². The molecule has 0 heterocycles. The van der Waals surface area contributed by atoms with Crippen LogP contribution in [0.15, 0.2) is 0 Å². The third-order valence-electron chi connectivity index (χ3n) is 2.14. The summed E-state index contributed by atoms with van der Waals surface area (Å²) in [7, 11) is 0. The molecule has 0 saturated carbocycles. The first-order chi connectivity index (χ1) is 6.56. The van der Waals surface area contributed by atoms with Crippen molar-refractivity contribution in [3.8, 4) is 0 Å². The van der Waals surface area contributed by atoms with Gasteiger partial charge < -0.3 is 0 Å². The summed E-state index contributed by atoms with van der Waals surface area (Å²) in [6.07, 6.45) is 4.00. The Morgan fingerprint density at radius 2 is 1.50 bits per heavy atom. The molecule has 0 bridgehead atoms. The number of alkyl halides is 3. The van der Waals surface area contributed by atoms with Gasteiger partial charge in [-0.25, -0.2) is 0 Å². The van der Waals surface area contributed by atoms with E-state index in [4.69, 9.17) is 0 Å². The normalized spacial score (nSPS) is 12.0. The van der Waals surface area contributed by atoms with Crippen LogP contribution in [0, 0.1) is 6.42 Å². The Labute approximate surface area is 84.9 Å². The Bertz CT molecular complexity index is 118. The Hall–Kier alpha value is -0.210. The average molecular weight is 209 g/mol. The highest BCUT2D eigenvalue weighted by Crippen LogP contribution is 2.22. The van der Waals surface area contributed by atoms with Crippen molar-refractivity contribution in [2.75, 3.05) is 0 Å². The lowest BCUT2D eigenvalue weighted by Crippen LogP contribution is -2.06. The first-order valence-electron chi connectivity index (χ1n) is 5.44. The maximum absolute atomic E-state index is 11.7. The van der Waals surface area contributed by atoms with E-state index in [1.807, 2.05) is 0 Å². The predicted molar refractivity (Wildman–Crippen MR) is 53.0 cm³/mol. The van der Waals surface area contributed by atoms with E-state index in [0.29, 0.717) is 6.42 Å². The van der Waals surface area contributed by atoms with E-state index in [-0.39, 0.29) is 0 Å². The van der Waals surface area contributed by atoms with Gasteiger partial charge in [0.2, 0.25) is 0 Å². The smallest absolute Gasteiger partial charge is 0.171 e. The van der Waals surface area contributed by atoms with E-state index < -0.39 is 12.6 Å². The van der Waals surface area contributed by atoms with Crippen molar-refractivity contribution >= 4 is 0 Å². The molecular weight excluding hydrogens is 189 g/mol. The lowest BCUT2D eigenvalue weighted by Gasteiger charge is -2.05. The molecule has 0 amide bonds. The monoisotopic (exact) mass is 209 g/mol. The van der Waals surface area contributed by atoms with Crippen LogP contribution in [0.1, 0.15) is 58.3 Å². The zero-order chi connectivity index (χ0) is 10.9. The Morgan fingerprint density at radius 3 is 2.07 bits per heavy atom. The molecule has 0 rings (SSSR count). The molecule has 3 heteroatoms. The van der Waals surface area contributed by atoms with Crippen molar-refractivity contribution in [1.82, 2.24) is 0 Å². The lowest BCUT2D eigenvalue weighted by molar-refractivity contribution is -0.128. The molecule has 0 atom stereocenters. The summed E-state index contributed by atoms with van der Waals surface area (Å²) in [6, 6.07) is 0. The third-order valence-corrected chi connectivity index (χ3v) is 2.14. The molecule has 0 aromatic carbocycles. The molecule has 0 fully saturated rings. The van der Waals surface area contributed by atoms with Gasteiger partial charge in [-0.15, -0.1) is 0 Å². The van der Waals surface area contributed by atoms with Crippen LogP contribution in [0.25, 0.3) is 0 Å². The van der Waals surface area contributed by atoms with Crippen LogP contribution in [0.5, 0.6) is 0 Å². The number of unbranched alkanes of at least 4 members (excludes halogenated alkanes) is 7. The van der Waals surface area contributed by atoms with Crippen LogP contribution < -0.4 is 0 Å². The molecule has 14 heavy (non-hydrogen) atoms. The minimum Gasteiger partial charge on any atom is -0.171 e. The van der Waals surface area contributed by atoms with Crippen LogP contribution in [0.3, 0.4) is 0 Å². The average Bonchev–Trinajstić information content (AvgIpc) is 2.08. The largest absolute Gasteiger partial charge is 0.389 e. The van der Waals surface area contributed by atoms with Crippen molar-refractivity contribution in [3.63, 3.8) is 0 Å². The first kappa shape index (κ1) is 13.8. The van der Waals surface area contributed by atoms with Gasteiger partial charge in [0.05, 0.1) is 0 Å². The maximum atomic E-state index is 11.7. The number of rotatable bonds is 8. The molecule has 0 aliphatic heterocycles. The molecule has 1 radical (unpaired) electrons. The molecule has 0 N–H and O–H groups in total. The number of hydrogen-bond donors (Lipinski definition) is 0. The van der Waals surface area contributed by atoms with Gasteiger partial charge in [0, 0.05) is 6.42 Å². The summed E-state index contributed by atoms with van der Waals surface area (Å²) in [4.78, 5) is 0. The van der Waals surface area contributed by atoms with Crippen molar-refractivity contribution < 1.29 is 13.2 Å². The second kappa shape index (κ2) is 8.13. The summed E-state index contributed by atoms with van der Waals surface area (Å²) < 4.78 is 35.1. The van der Waals surface area contributed by atoms with Gasteiger partial charge in [-0.3, -0.25) is 0 Å². The van der Waals surface area contributed by atoms with Crippen molar-refractivity contribution in [2.24, 2.45) is 0 Å². The van der Waals surface area contributed by atoms with Crippen LogP contribution in [-0.2, 0) is 0 Å². The van der Waals surface area contributed by atoms with E-state index in [1.165, 1.54) is 25.7 Å². The van der Waals surface area contributed by atoms with Gasteiger partial charge >= 0.3 is 6.18 Å². The highest BCUT2D eigenvalue weighted by atomic mass is 19.4. The van der Waals surface area contributed by atoms with E-state index in [2.05, 4.69) is 6.92 Å². The lowest BCUT2D eigenvalue weighted by atomic mass is 10.1. The summed E-state index contributed by atoms with van der Waals surface area (Å²) in [5.74, 6) is 0. The Balaban J connectivity index is 2.99. The fourth-order valence-electron chi connectivity index (χ4n) is 1.33. The number of halogens is 3. The van der Waals surface area contributed by atoms with Crippen LogP contribution >= 0.6 is 0 Å². The summed E-state index contributed by atoms with van der Waals surface area (Å²) in [5.41, 5.74) is 0. The molecule has 0 unspecified atom stereocenters. The predicted octanol–water partition coefficient (Wildman–Crippen LogP) is 4.89. The summed E-state index contributed by atoms with van der Waals surface area (Å²) in [6.45, 7) is 2.15. The van der Waals surface area contributed by atoms with Gasteiger partial charge in [-0.1, -0.05) is 45.4 Å². The third kappa shape index (κ3) is 11.8. The fourth-order valence-corrected chi connectivity index (χ4v) is 1.33.